The molecule has 0 aliphatic rings. The molecule has 0 aromatic heterocycles. The van der Waals surface area contributed by atoms with E-state index in [0.717, 1.165) is 11.1 Å². The number of carbonyl (C=O) groups is 1. The zero-order valence-corrected chi connectivity index (χ0v) is 13.1. The van der Waals surface area contributed by atoms with Gasteiger partial charge in [0.1, 0.15) is 12.4 Å². The topological polar surface area (TPSA) is 26.3 Å². The lowest BCUT2D eigenvalue weighted by Gasteiger charge is -2.21. The number of ketones is 1. The van der Waals surface area contributed by atoms with E-state index in [-0.39, 0.29) is 11.2 Å². The average molecular weight is 282 g/mol. The monoisotopic (exact) mass is 282 g/mol. The first-order valence-corrected chi connectivity index (χ1v) is 7.20. The minimum absolute atomic E-state index is 0.0160. The Balaban J connectivity index is 2.25. The summed E-state index contributed by atoms with van der Waals surface area (Å²) in [7, 11) is 0. The van der Waals surface area contributed by atoms with Crippen LogP contribution in [0.25, 0.3) is 0 Å². The maximum atomic E-state index is 11.9. The van der Waals surface area contributed by atoms with Gasteiger partial charge in [-0.1, -0.05) is 57.2 Å². The molecule has 110 valence electrons. The molecule has 2 heteroatoms. The van der Waals surface area contributed by atoms with Crippen molar-refractivity contribution in [1.82, 2.24) is 0 Å². The maximum Gasteiger partial charge on any atom is 0.163 e. The molecule has 0 saturated carbocycles. The molecule has 0 fully saturated rings. The van der Waals surface area contributed by atoms with Crippen molar-refractivity contribution >= 4 is 5.78 Å². The highest BCUT2D eigenvalue weighted by molar-refractivity contribution is 5.97. The van der Waals surface area contributed by atoms with E-state index in [1.54, 1.807) is 6.92 Å². The first-order chi connectivity index (χ1) is 9.88. The number of ether oxygens (including phenoxy) is 1. The van der Waals surface area contributed by atoms with Gasteiger partial charge in [0.2, 0.25) is 0 Å². The summed E-state index contributed by atoms with van der Waals surface area (Å²) in [6.07, 6.45) is 0. The fourth-order valence-electron chi connectivity index (χ4n) is 2.13. The Kier molecular flexibility index (Phi) is 4.46. The molecule has 0 bridgehead atoms. The van der Waals surface area contributed by atoms with Crippen LogP contribution in [-0.4, -0.2) is 5.78 Å². The maximum absolute atomic E-state index is 11.9. The third-order valence-electron chi connectivity index (χ3n) is 3.46. The second-order valence-corrected chi connectivity index (χ2v) is 6.29. The number of hydrogen-bond acceptors (Lipinski definition) is 2. The van der Waals surface area contributed by atoms with Crippen molar-refractivity contribution in [3.63, 3.8) is 0 Å². The SMILES string of the molecule is CC(=O)c1cc(C(C)(C)C)ccc1OCc1ccccc1. The van der Waals surface area contributed by atoms with E-state index < -0.39 is 0 Å². The fraction of sp³-hybridized carbons (Fsp3) is 0.316. The second kappa shape index (κ2) is 6.13. The van der Waals surface area contributed by atoms with E-state index in [9.17, 15) is 4.79 Å². The van der Waals surface area contributed by atoms with Crippen molar-refractivity contribution in [3.05, 3.63) is 65.2 Å². The van der Waals surface area contributed by atoms with Gasteiger partial charge < -0.3 is 4.74 Å². The molecule has 0 spiro atoms. The Bertz CT molecular complexity index is 622. The van der Waals surface area contributed by atoms with Gasteiger partial charge in [-0.25, -0.2) is 0 Å². The lowest BCUT2D eigenvalue weighted by Crippen LogP contribution is -2.12. The largest absolute Gasteiger partial charge is 0.488 e. The zero-order valence-electron chi connectivity index (χ0n) is 13.1. The molecule has 0 aliphatic carbocycles. The van der Waals surface area contributed by atoms with Crippen LogP contribution in [0.3, 0.4) is 0 Å². The number of carbonyl (C=O) groups excluding carboxylic acids is 1. The number of Topliss-reactive ketones (excluding diaryl/α,β-unsaturated/α-hetero) is 1. The number of hydrogen-bond donors (Lipinski definition) is 0. The summed E-state index contributed by atoms with van der Waals surface area (Å²) in [5.41, 5.74) is 2.90. The van der Waals surface area contributed by atoms with Crippen molar-refractivity contribution < 1.29 is 9.53 Å². The van der Waals surface area contributed by atoms with Crippen LogP contribution in [-0.2, 0) is 12.0 Å². The smallest absolute Gasteiger partial charge is 0.163 e. The van der Waals surface area contributed by atoms with Crippen molar-refractivity contribution in [2.75, 3.05) is 0 Å². The predicted octanol–water partition coefficient (Wildman–Crippen LogP) is 4.77. The van der Waals surface area contributed by atoms with Gasteiger partial charge in [0.15, 0.2) is 5.78 Å². The minimum atomic E-state index is 0.0160. The molecule has 0 N–H and O–H groups in total. The Morgan fingerprint density at radius 3 is 2.29 bits per heavy atom. The zero-order chi connectivity index (χ0) is 15.5. The Hall–Kier alpha value is -2.09. The summed E-state index contributed by atoms with van der Waals surface area (Å²) >= 11 is 0. The van der Waals surface area contributed by atoms with Gasteiger partial charge in [0.05, 0.1) is 5.56 Å². The van der Waals surface area contributed by atoms with Gasteiger partial charge in [-0.3, -0.25) is 4.79 Å². The van der Waals surface area contributed by atoms with Gasteiger partial charge in [-0.15, -0.1) is 0 Å². The summed E-state index contributed by atoms with van der Waals surface area (Å²) < 4.78 is 5.83. The van der Waals surface area contributed by atoms with E-state index >= 15 is 0 Å². The van der Waals surface area contributed by atoms with Crippen LogP contribution >= 0.6 is 0 Å². The van der Waals surface area contributed by atoms with Crippen LogP contribution in [0.1, 0.15) is 49.2 Å². The Morgan fingerprint density at radius 1 is 1.05 bits per heavy atom. The van der Waals surface area contributed by atoms with Gasteiger partial charge in [-0.05, 0) is 35.6 Å². The van der Waals surface area contributed by atoms with Gasteiger partial charge in [0.25, 0.3) is 0 Å². The summed E-state index contributed by atoms with van der Waals surface area (Å²) in [4.78, 5) is 11.9. The standard InChI is InChI=1S/C19H22O2/c1-14(20)17-12-16(19(2,3)4)10-11-18(17)21-13-15-8-6-5-7-9-15/h5-12H,13H2,1-4H3. The predicted molar refractivity (Wildman–Crippen MR) is 85.9 cm³/mol. The number of rotatable bonds is 4. The van der Waals surface area contributed by atoms with E-state index in [4.69, 9.17) is 4.74 Å². The summed E-state index contributed by atoms with van der Waals surface area (Å²) in [5, 5.41) is 0. The molecule has 0 radical (unpaired) electrons. The first kappa shape index (κ1) is 15.3. The molecule has 0 unspecified atom stereocenters. The fourth-order valence-corrected chi connectivity index (χ4v) is 2.13. The molecule has 0 heterocycles. The average Bonchev–Trinajstić information content (AvgIpc) is 2.45. The molecule has 21 heavy (non-hydrogen) atoms. The Morgan fingerprint density at radius 2 is 1.71 bits per heavy atom. The highest BCUT2D eigenvalue weighted by Crippen LogP contribution is 2.28. The van der Waals surface area contributed by atoms with Crippen LogP contribution in [0.5, 0.6) is 5.75 Å². The molecular formula is C19H22O2. The van der Waals surface area contributed by atoms with Gasteiger partial charge in [0, 0.05) is 0 Å². The molecule has 2 aromatic rings. The lowest BCUT2D eigenvalue weighted by atomic mass is 9.85. The van der Waals surface area contributed by atoms with Gasteiger partial charge in [-0.2, -0.15) is 0 Å². The van der Waals surface area contributed by atoms with Crippen LogP contribution in [0.2, 0.25) is 0 Å². The minimum Gasteiger partial charge on any atom is -0.488 e. The normalized spacial score (nSPS) is 11.2. The second-order valence-electron chi connectivity index (χ2n) is 6.29. The van der Waals surface area contributed by atoms with Crippen molar-refractivity contribution in [1.29, 1.82) is 0 Å². The molecule has 0 atom stereocenters. The third-order valence-corrected chi connectivity index (χ3v) is 3.46. The molecule has 0 saturated heterocycles. The van der Waals surface area contributed by atoms with Crippen LogP contribution in [0.15, 0.2) is 48.5 Å². The lowest BCUT2D eigenvalue weighted by molar-refractivity contribution is 0.101. The van der Waals surface area contributed by atoms with Crippen molar-refractivity contribution in [2.45, 2.75) is 39.7 Å². The van der Waals surface area contributed by atoms with E-state index in [2.05, 4.69) is 20.8 Å². The quantitative estimate of drug-likeness (QED) is 0.755. The number of benzene rings is 2. The Labute approximate surface area is 126 Å². The third kappa shape index (κ3) is 3.94. The molecule has 2 aromatic carbocycles. The molecular weight excluding hydrogens is 260 g/mol. The summed E-state index contributed by atoms with van der Waals surface area (Å²) in [6, 6.07) is 15.8. The van der Waals surface area contributed by atoms with Gasteiger partial charge >= 0.3 is 0 Å². The van der Waals surface area contributed by atoms with Crippen LogP contribution < -0.4 is 4.74 Å². The molecule has 2 nitrogen and oxygen atoms in total. The summed E-state index contributed by atoms with van der Waals surface area (Å²) in [5.74, 6) is 0.684. The highest BCUT2D eigenvalue weighted by Gasteiger charge is 2.17. The molecule has 0 aliphatic heterocycles. The molecule has 0 amide bonds. The van der Waals surface area contributed by atoms with E-state index in [1.807, 2.05) is 48.5 Å². The molecule has 2 rings (SSSR count). The highest BCUT2D eigenvalue weighted by atomic mass is 16.5. The van der Waals surface area contributed by atoms with Crippen molar-refractivity contribution in [3.8, 4) is 5.75 Å². The van der Waals surface area contributed by atoms with Crippen LogP contribution in [0.4, 0.5) is 0 Å². The van der Waals surface area contributed by atoms with E-state index in [1.165, 1.54) is 0 Å². The van der Waals surface area contributed by atoms with E-state index in [0.29, 0.717) is 17.9 Å². The first-order valence-electron chi connectivity index (χ1n) is 7.20. The van der Waals surface area contributed by atoms with Crippen LogP contribution in [0, 0.1) is 0 Å². The van der Waals surface area contributed by atoms with Crippen molar-refractivity contribution in [2.24, 2.45) is 0 Å². The summed E-state index contributed by atoms with van der Waals surface area (Å²) in [6.45, 7) is 8.46.